The zero-order chi connectivity index (χ0) is 13.0. The molecule has 0 radical (unpaired) electrons. The van der Waals surface area contributed by atoms with Crippen molar-refractivity contribution in [3.8, 4) is 0 Å². The third-order valence-corrected chi connectivity index (χ3v) is 5.41. The molecule has 1 aliphatic rings. The number of nitrogens with zero attached hydrogens (tertiary/aromatic N) is 1. The van der Waals surface area contributed by atoms with E-state index in [2.05, 4.69) is 82.9 Å². The number of hydrogen-bond donors (Lipinski definition) is 1. The maximum Gasteiger partial charge on any atom is 0.0340 e. The Kier molecular flexibility index (Phi) is 5.79. The summed E-state index contributed by atoms with van der Waals surface area (Å²) >= 11 is 4.44. The van der Waals surface area contributed by atoms with Crippen molar-refractivity contribution in [2.75, 3.05) is 32.1 Å². The fourth-order valence-corrected chi connectivity index (χ4v) is 4.11. The molecule has 0 amide bonds. The van der Waals surface area contributed by atoms with Gasteiger partial charge in [-0.2, -0.15) is 11.8 Å². The van der Waals surface area contributed by atoms with Crippen molar-refractivity contribution < 1.29 is 0 Å². The number of hydrogen-bond acceptors (Lipinski definition) is 3. The molecule has 2 nitrogen and oxygen atoms in total. The molecule has 0 bridgehead atoms. The lowest BCUT2D eigenvalue weighted by Crippen LogP contribution is -2.52. The third-order valence-electron chi connectivity index (χ3n) is 3.65. The maximum atomic E-state index is 3.51. The second-order valence-electron chi connectivity index (χ2n) is 4.85. The van der Waals surface area contributed by atoms with Crippen LogP contribution in [0.4, 0.5) is 0 Å². The SMILES string of the molecule is CNC(Cc1ccc(I)cc1)C1CSCCN1C. The van der Waals surface area contributed by atoms with Crippen LogP contribution in [0.2, 0.25) is 0 Å². The number of likely N-dealkylation sites (N-methyl/N-ethyl adjacent to an activating group) is 2. The smallest absolute Gasteiger partial charge is 0.0340 e. The summed E-state index contributed by atoms with van der Waals surface area (Å²) in [7, 11) is 4.34. The highest BCUT2D eigenvalue weighted by molar-refractivity contribution is 14.1. The van der Waals surface area contributed by atoms with Crippen molar-refractivity contribution in [1.82, 2.24) is 10.2 Å². The average Bonchev–Trinajstić information content (AvgIpc) is 2.39. The van der Waals surface area contributed by atoms with Crippen molar-refractivity contribution in [3.63, 3.8) is 0 Å². The average molecular weight is 376 g/mol. The molecule has 1 aromatic carbocycles. The number of rotatable bonds is 4. The minimum Gasteiger partial charge on any atom is -0.315 e. The van der Waals surface area contributed by atoms with E-state index in [4.69, 9.17) is 0 Å². The second-order valence-corrected chi connectivity index (χ2v) is 7.24. The summed E-state index contributed by atoms with van der Waals surface area (Å²) in [6, 6.07) is 10.1. The van der Waals surface area contributed by atoms with Crippen LogP contribution in [0.3, 0.4) is 0 Å². The molecule has 2 unspecified atom stereocenters. The quantitative estimate of drug-likeness (QED) is 0.813. The molecular formula is C14H21IN2S. The molecule has 0 saturated carbocycles. The summed E-state index contributed by atoms with van der Waals surface area (Å²) in [5, 5.41) is 3.51. The minimum atomic E-state index is 0.544. The highest BCUT2D eigenvalue weighted by atomic mass is 127. The number of thioether (sulfide) groups is 1. The topological polar surface area (TPSA) is 15.3 Å². The molecule has 1 saturated heterocycles. The van der Waals surface area contributed by atoms with Crippen LogP contribution in [0, 0.1) is 3.57 Å². The first-order valence-corrected chi connectivity index (χ1v) is 8.63. The van der Waals surface area contributed by atoms with Crippen LogP contribution in [-0.4, -0.2) is 49.1 Å². The van der Waals surface area contributed by atoms with Gasteiger partial charge in [0.1, 0.15) is 0 Å². The van der Waals surface area contributed by atoms with E-state index in [0.29, 0.717) is 12.1 Å². The molecule has 1 N–H and O–H groups in total. The lowest BCUT2D eigenvalue weighted by atomic mass is 9.99. The van der Waals surface area contributed by atoms with Gasteiger partial charge in [-0.1, -0.05) is 12.1 Å². The standard InChI is InChI=1S/C14H21IN2S/c1-16-13(14-10-18-8-7-17(14)2)9-11-3-5-12(15)6-4-11/h3-6,13-14,16H,7-10H2,1-2H3. The van der Waals surface area contributed by atoms with E-state index in [0.717, 1.165) is 6.42 Å². The van der Waals surface area contributed by atoms with E-state index in [1.54, 1.807) is 0 Å². The highest BCUT2D eigenvalue weighted by Crippen LogP contribution is 2.20. The Morgan fingerprint density at radius 1 is 1.44 bits per heavy atom. The van der Waals surface area contributed by atoms with Crippen molar-refractivity contribution in [1.29, 1.82) is 0 Å². The van der Waals surface area contributed by atoms with Gasteiger partial charge in [0, 0.05) is 33.7 Å². The fraction of sp³-hybridized carbons (Fsp3) is 0.571. The summed E-state index contributed by atoms with van der Waals surface area (Å²) in [5.74, 6) is 2.51. The molecular weight excluding hydrogens is 355 g/mol. The van der Waals surface area contributed by atoms with Gasteiger partial charge >= 0.3 is 0 Å². The summed E-state index contributed by atoms with van der Waals surface area (Å²) < 4.78 is 1.31. The van der Waals surface area contributed by atoms with E-state index < -0.39 is 0 Å². The number of halogens is 1. The fourth-order valence-electron chi connectivity index (χ4n) is 2.43. The first-order valence-electron chi connectivity index (χ1n) is 6.40. The van der Waals surface area contributed by atoms with Crippen LogP contribution in [-0.2, 0) is 6.42 Å². The predicted molar refractivity (Wildman–Crippen MR) is 89.5 cm³/mol. The number of nitrogens with one attached hydrogen (secondary N) is 1. The van der Waals surface area contributed by atoms with Gasteiger partial charge in [0.2, 0.25) is 0 Å². The Morgan fingerprint density at radius 2 is 2.17 bits per heavy atom. The van der Waals surface area contributed by atoms with Crippen molar-refractivity contribution in [3.05, 3.63) is 33.4 Å². The van der Waals surface area contributed by atoms with Gasteiger partial charge in [0.25, 0.3) is 0 Å². The van der Waals surface area contributed by atoms with Gasteiger partial charge in [-0.05, 0) is 60.8 Å². The van der Waals surface area contributed by atoms with Gasteiger partial charge in [-0.15, -0.1) is 0 Å². The first-order chi connectivity index (χ1) is 8.70. The van der Waals surface area contributed by atoms with Crippen LogP contribution >= 0.6 is 34.4 Å². The van der Waals surface area contributed by atoms with E-state index in [-0.39, 0.29) is 0 Å². The van der Waals surface area contributed by atoms with Crippen LogP contribution in [0.25, 0.3) is 0 Å². The normalized spacial score (nSPS) is 22.9. The Hall–Kier alpha value is 0.220. The molecule has 0 aliphatic carbocycles. The largest absolute Gasteiger partial charge is 0.315 e. The molecule has 1 heterocycles. The Morgan fingerprint density at radius 3 is 2.78 bits per heavy atom. The minimum absolute atomic E-state index is 0.544. The molecule has 1 aliphatic heterocycles. The van der Waals surface area contributed by atoms with Gasteiger partial charge in [0.05, 0.1) is 0 Å². The van der Waals surface area contributed by atoms with Crippen LogP contribution in [0.1, 0.15) is 5.56 Å². The van der Waals surface area contributed by atoms with E-state index in [1.165, 1.54) is 27.2 Å². The second kappa shape index (κ2) is 7.12. The van der Waals surface area contributed by atoms with Gasteiger partial charge in [0.15, 0.2) is 0 Å². The lowest BCUT2D eigenvalue weighted by Gasteiger charge is -2.37. The van der Waals surface area contributed by atoms with Crippen molar-refractivity contribution in [2.24, 2.45) is 0 Å². The molecule has 18 heavy (non-hydrogen) atoms. The molecule has 4 heteroatoms. The predicted octanol–water partition coefficient (Wildman–Crippen LogP) is 2.47. The highest BCUT2D eigenvalue weighted by Gasteiger charge is 2.26. The van der Waals surface area contributed by atoms with E-state index in [9.17, 15) is 0 Å². The summed E-state index contributed by atoms with van der Waals surface area (Å²) in [6.45, 7) is 1.21. The zero-order valence-electron chi connectivity index (χ0n) is 11.0. The van der Waals surface area contributed by atoms with Crippen molar-refractivity contribution >= 4 is 34.4 Å². The van der Waals surface area contributed by atoms with Crippen LogP contribution in [0.15, 0.2) is 24.3 Å². The third kappa shape index (κ3) is 3.85. The number of benzene rings is 1. The molecule has 2 rings (SSSR count). The first kappa shape index (κ1) is 14.6. The molecule has 0 aromatic heterocycles. The van der Waals surface area contributed by atoms with Crippen LogP contribution in [0.5, 0.6) is 0 Å². The Bertz CT molecular complexity index is 369. The maximum absolute atomic E-state index is 3.51. The summed E-state index contributed by atoms with van der Waals surface area (Å²) in [5.41, 5.74) is 1.43. The summed E-state index contributed by atoms with van der Waals surface area (Å²) in [6.07, 6.45) is 1.11. The van der Waals surface area contributed by atoms with Gasteiger partial charge in [-0.3, -0.25) is 0 Å². The van der Waals surface area contributed by atoms with Gasteiger partial charge < -0.3 is 10.2 Å². The lowest BCUT2D eigenvalue weighted by molar-refractivity contribution is 0.219. The Labute approximate surface area is 128 Å². The van der Waals surface area contributed by atoms with Crippen molar-refractivity contribution in [2.45, 2.75) is 18.5 Å². The molecule has 0 spiro atoms. The molecule has 1 fully saturated rings. The molecule has 1 aromatic rings. The van der Waals surface area contributed by atoms with Crippen LogP contribution < -0.4 is 5.32 Å². The van der Waals surface area contributed by atoms with E-state index >= 15 is 0 Å². The Balaban J connectivity index is 2.02. The zero-order valence-corrected chi connectivity index (χ0v) is 14.0. The van der Waals surface area contributed by atoms with Gasteiger partial charge in [-0.25, -0.2) is 0 Å². The summed E-state index contributed by atoms with van der Waals surface area (Å²) in [4.78, 5) is 2.50. The monoisotopic (exact) mass is 376 g/mol. The molecule has 100 valence electrons. The molecule has 2 atom stereocenters. The van der Waals surface area contributed by atoms with E-state index in [1.807, 2.05) is 0 Å².